The van der Waals surface area contributed by atoms with Gasteiger partial charge in [-0.05, 0) is 72.9 Å². The molecule has 0 radical (unpaired) electrons. The van der Waals surface area contributed by atoms with Crippen LogP contribution < -0.4 is 24.3 Å². The first kappa shape index (κ1) is 38.6. The quantitative estimate of drug-likeness (QED) is 0.0863. The Balaban J connectivity index is 1.22. The highest BCUT2D eigenvalue weighted by molar-refractivity contribution is 7.13. The highest BCUT2D eigenvalue weighted by atomic mass is 35.5. The molecule has 282 valence electrons. The lowest BCUT2D eigenvalue weighted by Crippen LogP contribution is -2.52. The monoisotopic (exact) mass is 772 g/mol. The lowest BCUT2D eigenvalue weighted by atomic mass is 9.96. The van der Waals surface area contributed by atoms with E-state index in [9.17, 15) is 19.8 Å². The third-order valence-corrected chi connectivity index (χ3v) is 10.2. The summed E-state index contributed by atoms with van der Waals surface area (Å²) in [6.45, 7) is 6.35. The van der Waals surface area contributed by atoms with Crippen LogP contribution in [0.3, 0.4) is 0 Å². The minimum Gasteiger partial charge on any atom is -0.488 e. The van der Waals surface area contributed by atoms with Gasteiger partial charge in [-0.15, -0.1) is 11.3 Å². The number of fused-ring (bicyclic) bond motifs is 1. The molecule has 0 saturated carbocycles. The molecular weight excluding hydrogens is 732 g/mol. The zero-order valence-corrected chi connectivity index (χ0v) is 31.7. The number of benzene rings is 4. The number of halogens is 1. The molecule has 13 heteroatoms. The summed E-state index contributed by atoms with van der Waals surface area (Å²) in [6.07, 6.45) is 0.104. The molecule has 0 amide bonds. The molecule has 1 atom stereocenters. The van der Waals surface area contributed by atoms with Crippen molar-refractivity contribution < 1.29 is 43.5 Å². The molecule has 6 rings (SSSR count). The van der Waals surface area contributed by atoms with Crippen molar-refractivity contribution in [2.75, 3.05) is 26.4 Å². The maximum atomic E-state index is 11.9. The average Bonchev–Trinajstić information content (AvgIpc) is 3.64. The predicted octanol–water partition coefficient (Wildman–Crippen LogP) is 7.40. The SMILES string of the molecule is CCOC(=O)Cc1csc(-c2cccc(COc3cc(OCc4cccc(-c5ccc6c(c5)OCCO6)c4C)c(Cl)cc3CN[C@@](C)(CO)C(=O)O)c2)n1. The van der Waals surface area contributed by atoms with E-state index in [0.29, 0.717) is 53.3 Å². The molecule has 0 saturated heterocycles. The fourth-order valence-corrected chi connectivity index (χ4v) is 6.86. The standard InChI is InChI=1S/C41H41ClN2O9S/c1-4-49-38(46)18-31-23-54-39(44-31)28-8-5-7-26(15-28)21-52-35-19-36(33(42)16-30(35)20-43-41(3,24-45)40(47)48)53-22-29-9-6-10-32(25(29)2)27-11-12-34-37(17-27)51-14-13-50-34/h5-12,15-17,19,23,43,45H,4,13-14,18,20-22,24H2,1-3H3,(H,47,48)/t41-/m0/s1. The summed E-state index contributed by atoms with van der Waals surface area (Å²) in [5.41, 5.74) is 5.36. The van der Waals surface area contributed by atoms with Crippen LogP contribution in [0.2, 0.25) is 5.02 Å². The van der Waals surface area contributed by atoms with E-state index in [-0.39, 0.29) is 32.1 Å². The van der Waals surface area contributed by atoms with Crippen LogP contribution in [0.4, 0.5) is 0 Å². The molecule has 3 N–H and O–H groups in total. The summed E-state index contributed by atoms with van der Waals surface area (Å²) in [7, 11) is 0. The molecule has 0 spiro atoms. The normalized spacial score (nSPS) is 13.2. The topological polar surface area (TPSA) is 146 Å². The maximum Gasteiger partial charge on any atom is 0.326 e. The Bertz CT molecular complexity index is 2140. The Morgan fingerprint density at radius 1 is 0.944 bits per heavy atom. The minimum atomic E-state index is -1.59. The summed E-state index contributed by atoms with van der Waals surface area (Å²) in [6, 6.07) is 23.0. The van der Waals surface area contributed by atoms with Gasteiger partial charge < -0.3 is 33.9 Å². The lowest BCUT2D eigenvalue weighted by molar-refractivity contribution is -0.146. The Morgan fingerprint density at radius 2 is 1.72 bits per heavy atom. The van der Waals surface area contributed by atoms with Gasteiger partial charge in [-0.1, -0.05) is 54.1 Å². The maximum absolute atomic E-state index is 11.9. The molecule has 2 heterocycles. The number of rotatable bonds is 16. The van der Waals surface area contributed by atoms with E-state index in [1.165, 1.54) is 18.3 Å². The number of carbonyl (C=O) groups is 2. The summed E-state index contributed by atoms with van der Waals surface area (Å²) >= 11 is 8.21. The first-order chi connectivity index (χ1) is 26.1. The predicted molar refractivity (Wildman–Crippen MR) is 206 cm³/mol. The number of nitrogens with zero attached hydrogens (tertiary/aromatic N) is 1. The van der Waals surface area contributed by atoms with Gasteiger partial charge >= 0.3 is 11.9 Å². The van der Waals surface area contributed by atoms with Crippen molar-refractivity contribution in [2.24, 2.45) is 0 Å². The van der Waals surface area contributed by atoms with Crippen molar-refractivity contribution in [3.8, 4) is 44.7 Å². The first-order valence-electron chi connectivity index (χ1n) is 17.4. The first-order valence-corrected chi connectivity index (χ1v) is 18.7. The van der Waals surface area contributed by atoms with E-state index < -0.39 is 18.1 Å². The number of thiazole rings is 1. The van der Waals surface area contributed by atoms with Crippen LogP contribution in [-0.4, -0.2) is 59.1 Å². The molecule has 11 nitrogen and oxygen atoms in total. The van der Waals surface area contributed by atoms with E-state index in [0.717, 1.165) is 44.1 Å². The number of aromatic nitrogens is 1. The molecule has 0 unspecified atom stereocenters. The van der Waals surface area contributed by atoms with E-state index >= 15 is 0 Å². The molecule has 54 heavy (non-hydrogen) atoms. The number of esters is 1. The number of aliphatic hydroxyl groups is 1. The summed E-state index contributed by atoms with van der Waals surface area (Å²) < 4.78 is 29.2. The number of carbonyl (C=O) groups excluding carboxylic acids is 1. The van der Waals surface area contributed by atoms with E-state index in [1.54, 1.807) is 19.1 Å². The molecule has 1 aromatic heterocycles. The zero-order valence-electron chi connectivity index (χ0n) is 30.1. The van der Waals surface area contributed by atoms with Crippen molar-refractivity contribution in [1.82, 2.24) is 10.3 Å². The summed E-state index contributed by atoms with van der Waals surface area (Å²) in [5.74, 6) is 0.726. The van der Waals surface area contributed by atoms with Crippen LogP contribution in [0.25, 0.3) is 21.7 Å². The van der Waals surface area contributed by atoms with Crippen molar-refractivity contribution >= 4 is 34.9 Å². The van der Waals surface area contributed by atoms with Crippen molar-refractivity contribution in [3.05, 3.63) is 111 Å². The summed E-state index contributed by atoms with van der Waals surface area (Å²) in [4.78, 5) is 28.5. The van der Waals surface area contributed by atoms with Gasteiger partial charge in [0.1, 0.15) is 48.5 Å². The second-order valence-electron chi connectivity index (χ2n) is 12.9. The van der Waals surface area contributed by atoms with Crippen LogP contribution in [0.5, 0.6) is 23.0 Å². The second-order valence-corrected chi connectivity index (χ2v) is 14.2. The number of nitrogens with one attached hydrogen (secondary N) is 1. The van der Waals surface area contributed by atoms with E-state index in [4.69, 9.17) is 35.3 Å². The molecule has 0 fully saturated rings. The number of aliphatic carboxylic acids is 1. The van der Waals surface area contributed by atoms with Crippen LogP contribution in [0.1, 0.15) is 41.8 Å². The molecule has 4 aromatic carbocycles. The fraction of sp³-hybridized carbons (Fsp3) is 0.293. The summed E-state index contributed by atoms with van der Waals surface area (Å²) in [5, 5.41) is 25.4. The third-order valence-electron chi connectivity index (χ3n) is 9.01. The molecule has 5 aromatic rings. The van der Waals surface area contributed by atoms with Crippen molar-refractivity contribution in [3.63, 3.8) is 0 Å². The van der Waals surface area contributed by atoms with Gasteiger partial charge in [-0.25, -0.2) is 4.98 Å². The van der Waals surface area contributed by atoms with Gasteiger partial charge in [0.25, 0.3) is 0 Å². The van der Waals surface area contributed by atoms with Crippen LogP contribution >= 0.6 is 22.9 Å². The Morgan fingerprint density at radius 3 is 2.50 bits per heavy atom. The van der Waals surface area contributed by atoms with Gasteiger partial charge in [-0.2, -0.15) is 0 Å². The third kappa shape index (κ3) is 9.14. The Kier molecular flexibility index (Phi) is 12.4. The smallest absolute Gasteiger partial charge is 0.326 e. The minimum absolute atomic E-state index is 0.0395. The van der Waals surface area contributed by atoms with Crippen LogP contribution in [0.15, 0.2) is 78.2 Å². The van der Waals surface area contributed by atoms with Crippen LogP contribution in [0, 0.1) is 6.92 Å². The highest BCUT2D eigenvalue weighted by Crippen LogP contribution is 2.38. The Hall–Kier alpha value is -5.14. The largest absolute Gasteiger partial charge is 0.488 e. The van der Waals surface area contributed by atoms with Gasteiger partial charge in [0.15, 0.2) is 11.5 Å². The molecule has 0 aliphatic carbocycles. The van der Waals surface area contributed by atoms with E-state index in [2.05, 4.69) is 10.3 Å². The number of carboxylic acids is 1. The number of carboxylic acid groups (broad SMARTS) is 1. The fourth-order valence-electron chi connectivity index (χ4n) is 5.80. The van der Waals surface area contributed by atoms with Crippen molar-refractivity contribution in [2.45, 2.75) is 52.5 Å². The second kappa shape index (κ2) is 17.3. The van der Waals surface area contributed by atoms with Crippen molar-refractivity contribution in [1.29, 1.82) is 0 Å². The average molecular weight is 773 g/mol. The zero-order chi connectivity index (χ0) is 38.2. The van der Waals surface area contributed by atoms with E-state index in [1.807, 2.05) is 73.0 Å². The number of ether oxygens (including phenoxy) is 5. The highest BCUT2D eigenvalue weighted by Gasteiger charge is 2.32. The molecule has 1 aliphatic heterocycles. The molecule has 1 aliphatic rings. The molecule has 0 bridgehead atoms. The Labute approximate surface area is 322 Å². The number of aliphatic hydroxyl groups excluding tert-OH is 1. The number of hydrogen-bond donors (Lipinski definition) is 3. The van der Waals surface area contributed by atoms with Gasteiger partial charge in [0.2, 0.25) is 0 Å². The van der Waals surface area contributed by atoms with Crippen LogP contribution in [-0.2, 0) is 40.5 Å². The van der Waals surface area contributed by atoms with Gasteiger partial charge in [0, 0.05) is 29.1 Å². The molecular formula is C41H41ClN2O9S. The van der Waals surface area contributed by atoms with Gasteiger partial charge in [0.05, 0.1) is 30.4 Å². The number of hydrogen-bond acceptors (Lipinski definition) is 11. The lowest BCUT2D eigenvalue weighted by Gasteiger charge is -2.25. The van der Waals surface area contributed by atoms with Gasteiger partial charge in [-0.3, -0.25) is 14.9 Å².